The van der Waals surface area contributed by atoms with Gasteiger partial charge in [0.2, 0.25) is 0 Å². The second-order valence-corrected chi connectivity index (χ2v) is 4.95. The number of rotatable bonds is 3. The standard InChI is InChI=1S/C12H19ClN4/c1-4-16(3)10-5-6-17(8-10)12-7-11(13)14-9(2)15-12/h7,10H,4-6,8H2,1-3H3. The topological polar surface area (TPSA) is 32.3 Å². The van der Waals surface area contributed by atoms with Gasteiger partial charge in [0.1, 0.15) is 16.8 Å². The largest absolute Gasteiger partial charge is 0.355 e. The SMILES string of the molecule is CCN(C)C1CCN(c2cc(Cl)nc(C)n2)C1. The van der Waals surface area contributed by atoms with E-state index in [0.29, 0.717) is 11.2 Å². The van der Waals surface area contributed by atoms with E-state index in [1.807, 2.05) is 13.0 Å². The molecule has 1 saturated heterocycles. The minimum absolute atomic E-state index is 0.528. The van der Waals surface area contributed by atoms with E-state index < -0.39 is 0 Å². The van der Waals surface area contributed by atoms with Crippen LogP contribution in [-0.2, 0) is 0 Å². The first-order chi connectivity index (χ1) is 8.10. The molecule has 4 nitrogen and oxygen atoms in total. The van der Waals surface area contributed by atoms with Crippen molar-refractivity contribution < 1.29 is 0 Å². The summed E-state index contributed by atoms with van der Waals surface area (Å²) in [6, 6.07) is 2.47. The monoisotopic (exact) mass is 254 g/mol. The van der Waals surface area contributed by atoms with Gasteiger partial charge in [-0.25, -0.2) is 9.97 Å². The molecule has 0 bridgehead atoms. The Hall–Kier alpha value is -0.870. The van der Waals surface area contributed by atoms with Crippen LogP contribution in [-0.4, -0.2) is 47.6 Å². The van der Waals surface area contributed by atoms with E-state index in [2.05, 4.69) is 33.7 Å². The number of hydrogen-bond acceptors (Lipinski definition) is 4. The van der Waals surface area contributed by atoms with Crippen molar-refractivity contribution in [3.63, 3.8) is 0 Å². The molecule has 0 aromatic carbocycles. The summed E-state index contributed by atoms with van der Waals surface area (Å²) in [5, 5.41) is 0.528. The van der Waals surface area contributed by atoms with Crippen molar-refractivity contribution in [2.45, 2.75) is 26.3 Å². The molecule has 2 rings (SSSR count). The minimum Gasteiger partial charge on any atom is -0.355 e. The Morgan fingerprint density at radius 2 is 2.29 bits per heavy atom. The molecule has 0 radical (unpaired) electrons. The zero-order chi connectivity index (χ0) is 12.4. The smallest absolute Gasteiger partial charge is 0.134 e. The van der Waals surface area contributed by atoms with Crippen molar-refractivity contribution >= 4 is 17.4 Å². The van der Waals surface area contributed by atoms with Gasteiger partial charge in [-0.05, 0) is 26.9 Å². The molecule has 1 unspecified atom stereocenters. The van der Waals surface area contributed by atoms with Crippen molar-refractivity contribution in [1.29, 1.82) is 0 Å². The van der Waals surface area contributed by atoms with Gasteiger partial charge < -0.3 is 9.80 Å². The summed E-state index contributed by atoms with van der Waals surface area (Å²) in [4.78, 5) is 13.2. The molecule has 1 fully saturated rings. The average molecular weight is 255 g/mol. The van der Waals surface area contributed by atoms with Crippen molar-refractivity contribution in [1.82, 2.24) is 14.9 Å². The van der Waals surface area contributed by atoms with Gasteiger partial charge in [0, 0.05) is 25.2 Å². The maximum absolute atomic E-state index is 5.97. The summed E-state index contributed by atoms with van der Waals surface area (Å²) < 4.78 is 0. The van der Waals surface area contributed by atoms with Gasteiger partial charge in [-0.3, -0.25) is 0 Å². The van der Waals surface area contributed by atoms with E-state index in [1.54, 1.807) is 0 Å². The molecule has 1 aliphatic rings. The van der Waals surface area contributed by atoms with Gasteiger partial charge in [-0.15, -0.1) is 0 Å². The van der Waals surface area contributed by atoms with Gasteiger partial charge in [-0.2, -0.15) is 0 Å². The number of hydrogen-bond donors (Lipinski definition) is 0. The lowest BCUT2D eigenvalue weighted by Gasteiger charge is -2.23. The minimum atomic E-state index is 0.528. The molecular weight excluding hydrogens is 236 g/mol. The number of anilines is 1. The highest BCUT2D eigenvalue weighted by Gasteiger charge is 2.26. The van der Waals surface area contributed by atoms with Crippen molar-refractivity contribution in [2.24, 2.45) is 0 Å². The fraction of sp³-hybridized carbons (Fsp3) is 0.667. The van der Waals surface area contributed by atoms with Crippen LogP contribution < -0.4 is 4.90 Å². The highest BCUT2D eigenvalue weighted by Crippen LogP contribution is 2.22. The molecule has 5 heteroatoms. The molecular formula is C12H19ClN4. The van der Waals surface area contributed by atoms with E-state index in [0.717, 1.165) is 31.3 Å². The summed E-state index contributed by atoms with van der Waals surface area (Å²) in [6.45, 7) is 7.22. The van der Waals surface area contributed by atoms with Gasteiger partial charge in [0.25, 0.3) is 0 Å². The highest BCUT2D eigenvalue weighted by atomic mass is 35.5. The molecule has 94 valence electrons. The predicted molar refractivity (Wildman–Crippen MR) is 70.7 cm³/mol. The van der Waals surface area contributed by atoms with Crippen LogP contribution in [0.25, 0.3) is 0 Å². The molecule has 0 saturated carbocycles. The lowest BCUT2D eigenvalue weighted by atomic mass is 10.2. The summed E-state index contributed by atoms with van der Waals surface area (Å²) in [7, 11) is 2.17. The summed E-state index contributed by atoms with van der Waals surface area (Å²) in [5.41, 5.74) is 0. The highest BCUT2D eigenvalue weighted by molar-refractivity contribution is 6.29. The summed E-state index contributed by atoms with van der Waals surface area (Å²) in [5.74, 6) is 1.69. The predicted octanol–water partition coefficient (Wildman–Crippen LogP) is 1.97. The molecule has 17 heavy (non-hydrogen) atoms. The Morgan fingerprint density at radius 1 is 1.53 bits per heavy atom. The molecule has 1 aromatic heterocycles. The Balaban J connectivity index is 2.09. The first-order valence-corrected chi connectivity index (χ1v) is 6.44. The molecule has 1 atom stereocenters. The fourth-order valence-electron chi connectivity index (χ4n) is 2.25. The first kappa shape index (κ1) is 12.6. The molecule has 0 aliphatic carbocycles. The summed E-state index contributed by atoms with van der Waals surface area (Å²) in [6.07, 6.45) is 1.19. The third-order valence-electron chi connectivity index (χ3n) is 3.40. The van der Waals surface area contributed by atoms with Crippen LogP contribution in [0.15, 0.2) is 6.07 Å². The molecule has 0 N–H and O–H groups in total. The van der Waals surface area contributed by atoms with Crippen LogP contribution in [0.2, 0.25) is 5.15 Å². The lowest BCUT2D eigenvalue weighted by Crippen LogP contribution is -2.34. The van der Waals surface area contributed by atoms with E-state index in [9.17, 15) is 0 Å². The first-order valence-electron chi connectivity index (χ1n) is 6.06. The van der Waals surface area contributed by atoms with Crippen molar-refractivity contribution in [2.75, 3.05) is 31.6 Å². The molecule has 2 heterocycles. The van der Waals surface area contributed by atoms with Crippen molar-refractivity contribution in [3.8, 4) is 0 Å². The fourth-order valence-corrected chi connectivity index (χ4v) is 2.47. The van der Waals surface area contributed by atoms with Crippen LogP contribution in [0.3, 0.4) is 0 Å². The second-order valence-electron chi connectivity index (χ2n) is 4.56. The number of aromatic nitrogens is 2. The van der Waals surface area contributed by atoms with Gasteiger partial charge in [-0.1, -0.05) is 18.5 Å². The van der Waals surface area contributed by atoms with E-state index in [1.165, 1.54) is 6.42 Å². The summed E-state index contributed by atoms with van der Waals surface area (Å²) >= 11 is 5.97. The van der Waals surface area contributed by atoms with Crippen LogP contribution in [0.5, 0.6) is 0 Å². The Bertz CT molecular complexity index is 376. The van der Waals surface area contributed by atoms with Crippen LogP contribution in [0, 0.1) is 6.92 Å². The number of aryl methyl sites for hydroxylation is 1. The molecule has 1 aliphatic heterocycles. The third-order valence-corrected chi connectivity index (χ3v) is 3.60. The third kappa shape index (κ3) is 2.87. The zero-order valence-corrected chi connectivity index (χ0v) is 11.4. The second kappa shape index (κ2) is 5.19. The molecule has 0 amide bonds. The Morgan fingerprint density at radius 3 is 2.94 bits per heavy atom. The maximum Gasteiger partial charge on any atom is 0.134 e. The number of likely N-dealkylation sites (N-methyl/N-ethyl adjacent to an activating group) is 1. The molecule has 0 spiro atoms. The number of halogens is 1. The number of nitrogens with zero attached hydrogens (tertiary/aromatic N) is 4. The normalized spacial score (nSPS) is 20.3. The quantitative estimate of drug-likeness (QED) is 0.772. The van der Waals surface area contributed by atoms with Gasteiger partial charge in [0.15, 0.2) is 0 Å². The van der Waals surface area contributed by atoms with E-state index in [-0.39, 0.29) is 0 Å². The average Bonchev–Trinajstić information content (AvgIpc) is 2.76. The van der Waals surface area contributed by atoms with Crippen LogP contribution in [0.4, 0.5) is 5.82 Å². The van der Waals surface area contributed by atoms with Crippen LogP contribution in [0.1, 0.15) is 19.2 Å². The zero-order valence-electron chi connectivity index (χ0n) is 10.6. The molecule has 1 aromatic rings. The lowest BCUT2D eigenvalue weighted by molar-refractivity contribution is 0.272. The Labute approximate surface area is 108 Å². The van der Waals surface area contributed by atoms with Gasteiger partial charge >= 0.3 is 0 Å². The maximum atomic E-state index is 5.97. The van der Waals surface area contributed by atoms with E-state index >= 15 is 0 Å². The van der Waals surface area contributed by atoms with Crippen LogP contribution >= 0.6 is 11.6 Å². The van der Waals surface area contributed by atoms with E-state index in [4.69, 9.17) is 11.6 Å². The Kier molecular flexibility index (Phi) is 3.84. The van der Waals surface area contributed by atoms with Crippen molar-refractivity contribution in [3.05, 3.63) is 17.0 Å². The van der Waals surface area contributed by atoms with Gasteiger partial charge in [0.05, 0.1) is 0 Å².